The number of anilines is 1. The average molecular weight is 423 g/mol. The molecule has 1 heterocycles. The lowest BCUT2D eigenvalue weighted by atomic mass is 10.2. The van der Waals surface area contributed by atoms with Crippen LogP contribution in [0, 0.1) is 6.92 Å². The van der Waals surface area contributed by atoms with Gasteiger partial charge in [0.2, 0.25) is 5.91 Å². The number of ketones is 1. The number of aryl methyl sites for hydroxylation is 1. The van der Waals surface area contributed by atoms with E-state index in [9.17, 15) is 9.59 Å². The standard InChI is InChI=1S/C23H22N2O4S/c1-15-22(16(2)26)30-23(24-15)25-21(27)12-10-17-9-11-19(20(13-17)28-3)29-14-18-7-5-4-6-8-18/h4-13H,14H2,1-3H3,(H,24,25,27). The molecule has 0 atom stereocenters. The number of carbonyl (C=O) groups is 2. The van der Waals surface area contributed by atoms with E-state index in [1.165, 1.54) is 24.3 Å². The Morgan fingerprint density at radius 2 is 1.90 bits per heavy atom. The van der Waals surface area contributed by atoms with Crippen molar-refractivity contribution in [2.45, 2.75) is 20.5 Å². The Hall–Kier alpha value is -3.45. The SMILES string of the molecule is COc1cc(C=CC(=O)Nc2nc(C)c(C(C)=O)s2)ccc1OCc1ccccc1. The van der Waals surface area contributed by atoms with E-state index in [4.69, 9.17) is 9.47 Å². The first-order valence-electron chi connectivity index (χ1n) is 9.28. The molecule has 154 valence electrons. The van der Waals surface area contributed by atoms with E-state index in [0.29, 0.717) is 33.8 Å². The lowest BCUT2D eigenvalue weighted by Gasteiger charge is -2.11. The van der Waals surface area contributed by atoms with E-state index in [2.05, 4.69) is 10.3 Å². The molecule has 0 unspecified atom stereocenters. The molecule has 0 bridgehead atoms. The van der Waals surface area contributed by atoms with Gasteiger partial charge < -0.3 is 9.47 Å². The summed E-state index contributed by atoms with van der Waals surface area (Å²) in [7, 11) is 1.57. The van der Waals surface area contributed by atoms with Crippen LogP contribution in [0.5, 0.6) is 11.5 Å². The predicted octanol–water partition coefficient (Wildman–Crippen LogP) is 4.89. The third-order valence-electron chi connectivity index (χ3n) is 4.20. The number of Topliss-reactive ketones (excluding diaryl/α,β-unsaturated/α-hetero) is 1. The van der Waals surface area contributed by atoms with Crippen LogP contribution in [0.3, 0.4) is 0 Å². The summed E-state index contributed by atoms with van der Waals surface area (Å²) in [5.41, 5.74) is 2.46. The van der Waals surface area contributed by atoms with Crippen molar-refractivity contribution in [3.63, 3.8) is 0 Å². The number of amides is 1. The van der Waals surface area contributed by atoms with Crippen LogP contribution < -0.4 is 14.8 Å². The Bertz CT molecular complexity index is 1070. The van der Waals surface area contributed by atoms with Crippen LogP contribution in [0.1, 0.15) is 33.4 Å². The van der Waals surface area contributed by atoms with Crippen molar-refractivity contribution in [1.82, 2.24) is 4.98 Å². The zero-order chi connectivity index (χ0) is 21.5. The minimum absolute atomic E-state index is 0.0669. The molecule has 3 aromatic rings. The molecule has 0 saturated carbocycles. The Labute approximate surface area is 179 Å². The highest BCUT2D eigenvalue weighted by atomic mass is 32.1. The lowest BCUT2D eigenvalue weighted by Crippen LogP contribution is -2.07. The predicted molar refractivity (Wildman–Crippen MR) is 118 cm³/mol. The molecule has 0 aliphatic heterocycles. The first-order valence-corrected chi connectivity index (χ1v) is 10.1. The van der Waals surface area contributed by atoms with Gasteiger partial charge in [0.15, 0.2) is 22.4 Å². The molecule has 7 heteroatoms. The average Bonchev–Trinajstić information content (AvgIpc) is 3.11. The van der Waals surface area contributed by atoms with Crippen molar-refractivity contribution in [3.8, 4) is 11.5 Å². The van der Waals surface area contributed by atoms with Gasteiger partial charge in [-0.05, 0) is 36.3 Å². The smallest absolute Gasteiger partial charge is 0.250 e. The van der Waals surface area contributed by atoms with E-state index < -0.39 is 0 Å². The molecule has 30 heavy (non-hydrogen) atoms. The van der Waals surface area contributed by atoms with Crippen molar-refractivity contribution in [1.29, 1.82) is 0 Å². The topological polar surface area (TPSA) is 77.5 Å². The van der Waals surface area contributed by atoms with Gasteiger partial charge in [-0.3, -0.25) is 14.9 Å². The van der Waals surface area contributed by atoms with Crippen molar-refractivity contribution >= 4 is 34.2 Å². The van der Waals surface area contributed by atoms with Crippen LogP contribution in [0.2, 0.25) is 0 Å². The number of carbonyl (C=O) groups excluding carboxylic acids is 2. The first-order chi connectivity index (χ1) is 14.5. The second-order valence-corrected chi connectivity index (χ2v) is 7.50. The van der Waals surface area contributed by atoms with E-state index in [-0.39, 0.29) is 11.7 Å². The highest BCUT2D eigenvalue weighted by Gasteiger charge is 2.12. The van der Waals surface area contributed by atoms with Gasteiger partial charge in [0.1, 0.15) is 6.61 Å². The summed E-state index contributed by atoms with van der Waals surface area (Å²) in [6.07, 6.45) is 3.08. The zero-order valence-electron chi connectivity index (χ0n) is 17.0. The molecule has 1 amide bonds. The van der Waals surface area contributed by atoms with Gasteiger partial charge in [-0.15, -0.1) is 0 Å². The third-order valence-corrected chi connectivity index (χ3v) is 5.37. The summed E-state index contributed by atoms with van der Waals surface area (Å²) in [6, 6.07) is 15.3. The van der Waals surface area contributed by atoms with Crippen LogP contribution in [0.4, 0.5) is 5.13 Å². The Morgan fingerprint density at radius 1 is 1.13 bits per heavy atom. The Morgan fingerprint density at radius 3 is 2.57 bits per heavy atom. The number of nitrogens with zero attached hydrogens (tertiary/aromatic N) is 1. The van der Waals surface area contributed by atoms with Gasteiger partial charge in [-0.25, -0.2) is 4.98 Å². The fourth-order valence-corrected chi connectivity index (χ4v) is 3.60. The van der Waals surface area contributed by atoms with Crippen LogP contribution in [-0.4, -0.2) is 23.8 Å². The first kappa shape index (κ1) is 21.3. The molecule has 3 rings (SSSR count). The van der Waals surface area contributed by atoms with E-state index in [0.717, 1.165) is 11.1 Å². The lowest BCUT2D eigenvalue weighted by molar-refractivity contribution is -0.111. The van der Waals surface area contributed by atoms with Crippen molar-refractivity contribution in [3.05, 3.63) is 76.3 Å². The molecule has 0 spiro atoms. The van der Waals surface area contributed by atoms with Crippen LogP contribution in [0.25, 0.3) is 6.08 Å². The Balaban J connectivity index is 1.64. The number of thiazole rings is 1. The second-order valence-electron chi connectivity index (χ2n) is 6.50. The molecule has 0 aliphatic carbocycles. The maximum Gasteiger partial charge on any atom is 0.250 e. The molecule has 6 nitrogen and oxygen atoms in total. The van der Waals surface area contributed by atoms with E-state index in [1.54, 1.807) is 26.2 Å². The number of ether oxygens (including phenoxy) is 2. The molecule has 1 N–H and O–H groups in total. The van der Waals surface area contributed by atoms with Gasteiger partial charge in [0.25, 0.3) is 0 Å². The van der Waals surface area contributed by atoms with Crippen LogP contribution in [0.15, 0.2) is 54.6 Å². The molecule has 0 fully saturated rings. The summed E-state index contributed by atoms with van der Waals surface area (Å²) >= 11 is 1.17. The monoisotopic (exact) mass is 422 g/mol. The molecule has 2 aromatic carbocycles. The molecule has 0 radical (unpaired) electrons. The second kappa shape index (κ2) is 9.84. The van der Waals surface area contributed by atoms with Gasteiger partial charge in [0, 0.05) is 13.0 Å². The highest BCUT2D eigenvalue weighted by Crippen LogP contribution is 2.29. The van der Waals surface area contributed by atoms with Gasteiger partial charge in [-0.1, -0.05) is 47.7 Å². The molecule has 0 saturated heterocycles. The van der Waals surface area contributed by atoms with Crippen molar-refractivity contribution in [2.24, 2.45) is 0 Å². The van der Waals surface area contributed by atoms with Crippen molar-refractivity contribution < 1.29 is 19.1 Å². The number of benzene rings is 2. The van der Waals surface area contributed by atoms with Gasteiger partial charge >= 0.3 is 0 Å². The maximum atomic E-state index is 12.2. The number of hydrogen-bond donors (Lipinski definition) is 1. The molecule has 1 aromatic heterocycles. The fraction of sp³-hybridized carbons (Fsp3) is 0.174. The summed E-state index contributed by atoms with van der Waals surface area (Å²) in [4.78, 5) is 28.5. The number of methoxy groups -OCH3 is 1. The third kappa shape index (κ3) is 5.55. The molecular formula is C23H22N2O4S. The summed E-state index contributed by atoms with van der Waals surface area (Å²) in [5, 5.41) is 3.08. The highest BCUT2D eigenvalue weighted by molar-refractivity contribution is 7.17. The minimum atomic E-state index is -0.331. The number of hydrogen-bond acceptors (Lipinski definition) is 6. The normalized spacial score (nSPS) is 10.8. The summed E-state index contributed by atoms with van der Waals surface area (Å²) in [6.45, 7) is 3.66. The largest absolute Gasteiger partial charge is 0.493 e. The molecule has 0 aliphatic rings. The number of aromatic nitrogens is 1. The quantitative estimate of drug-likeness (QED) is 0.413. The summed E-state index contributed by atoms with van der Waals surface area (Å²) < 4.78 is 11.3. The van der Waals surface area contributed by atoms with Gasteiger partial charge in [0.05, 0.1) is 17.7 Å². The molecular weight excluding hydrogens is 400 g/mol. The number of rotatable bonds is 8. The minimum Gasteiger partial charge on any atom is -0.493 e. The van der Waals surface area contributed by atoms with Crippen LogP contribution >= 0.6 is 11.3 Å². The van der Waals surface area contributed by atoms with Gasteiger partial charge in [-0.2, -0.15) is 0 Å². The zero-order valence-corrected chi connectivity index (χ0v) is 17.8. The van der Waals surface area contributed by atoms with E-state index >= 15 is 0 Å². The van der Waals surface area contributed by atoms with E-state index in [1.807, 2.05) is 42.5 Å². The number of nitrogens with one attached hydrogen (secondary N) is 1. The fourth-order valence-electron chi connectivity index (χ4n) is 2.74. The van der Waals surface area contributed by atoms with Crippen molar-refractivity contribution in [2.75, 3.05) is 12.4 Å². The maximum absolute atomic E-state index is 12.2. The van der Waals surface area contributed by atoms with Crippen LogP contribution in [-0.2, 0) is 11.4 Å². The Kier molecular flexibility index (Phi) is 6.98. The summed E-state index contributed by atoms with van der Waals surface area (Å²) in [5.74, 6) is 0.804.